The van der Waals surface area contributed by atoms with E-state index in [4.69, 9.17) is 4.74 Å². The molecule has 7 nitrogen and oxygen atoms in total. The average Bonchev–Trinajstić information content (AvgIpc) is 2.92. The van der Waals surface area contributed by atoms with Crippen LogP contribution >= 0.6 is 0 Å². The molecule has 1 unspecified atom stereocenters. The Morgan fingerprint density at radius 3 is 2.62 bits per heavy atom. The minimum Gasteiger partial charge on any atom is -0.494 e. The third kappa shape index (κ3) is 2.31. The maximum absolute atomic E-state index is 13.5. The molecule has 0 saturated heterocycles. The van der Waals surface area contributed by atoms with E-state index < -0.39 is 35.0 Å². The minimum atomic E-state index is -1.18. The molecule has 4 rings (SSSR count). The quantitative estimate of drug-likeness (QED) is 0.681. The predicted octanol–water partition coefficient (Wildman–Crippen LogP) is 1.63. The number of aromatic amines is 1. The zero-order valence-corrected chi connectivity index (χ0v) is 13.1. The number of benzene rings is 2. The van der Waals surface area contributed by atoms with E-state index >= 15 is 0 Å². The molecule has 1 atom stereocenters. The number of aromatic hydroxyl groups is 1. The molecule has 0 spiro atoms. The van der Waals surface area contributed by atoms with Crippen molar-refractivity contribution in [2.45, 2.75) is 6.10 Å². The fourth-order valence-electron chi connectivity index (χ4n) is 2.99. The SMILES string of the molecule is O=C1OC(c2c(O)n(-c3cccc(F)c3)c(=O)[nH]c2=O)c2ccccc21. The molecule has 0 saturated carbocycles. The van der Waals surface area contributed by atoms with E-state index in [1.165, 1.54) is 24.3 Å². The standard InChI is InChI=1S/C18H11FN2O5/c19-9-4-3-5-10(8-9)21-16(23)13(15(22)20-18(21)25)14-11-6-1-2-7-12(11)17(24)26-14/h1-8,14,23H,(H,20,22,25). The Bertz CT molecular complexity index is 1160. The molecule has 0 fully saturated rings. The van der Waals surface area contributed by atoms with E-state index in [-0.39, 0.29) is 16.8 Å². The molecule has 1 aliphatic rings. The number of ether oxygens (including phenoxy) is 1. The molecule has 0 radical (unpaired) electrons. The highest BCUT2D eigenvalue weighted by Gasteiger charge is 2.36. The molecule has 8 heteroatoms. The summed E-state index contributed by atoms with van der Waals surface area (Å²) in [5.41, 5.74) is -1.48. The lowest BCUT2D eigenvalue weighted by atomic mass is 10.0. The number of carbonyl (C=O) groups is 1. The van der Waals surface area contributed by atoms with E-state index in [9.17, 15) is 23.9 Å². The van der Waals surface area contributed by atoms with Crippen LogP contribution in [-0.4, -0.2) is 20.6 Å². The van der Waals surface area contributed by atoms with Gasteiger partial charge in [-0.15, -0.1) is 0 Å². The van der Waals surface area contributed by atoms with E-state index in [0.29, 0.717) is 5.56 Å². The number of hydrogen-bond donors (Lipinski definition) is 2. The van der Waals surface area contributed by atoms with Gasteiger partial charge in [0.2, 0.25) is 5.88 Å². The lowest BCUT2D eigenvalue weighted by molar-refractivity contribution is 0.0449. The molecule has 26 heavy (non-hydrogen) atoms. The summed E-state index contributed by atoms with van der Waals surface area (Å²) >= 11 is 0. The van der Waals surface area contributed by atoms with Gasteiger partial charge in [0.25, 0.3) is 5.56 Å². The molecular formula is C18H11FN2O5. The van der Waals surface area contributed by atoms with Crippen LogP contribution in [0, 0.1) is 5.82 Å². The lowest BCUT2D eigenvalue weighted by Gasteiger charge is -2.15. The molecule has 0 bridgehead atoms. The highest BCUT2D eigenvalue weighted by molar-refractivity contribution is 5.94. The molecule has 1 aliphatic heterocycles. The number of nitrogens with zero attached hydrogens (tertiary/aromatic N) is 1. The number of esters is 1. The molecule has 2 N–H and O–H groups in total. The largest absolute Gasteiger partial charge is 0.494 e. The van der Waals surface area contributed by atoms with Crippen molar-refractivity contribution in [2.75, 3.05) is 0 Å². The maximum Gasteiger partial charge on any atom is 0.339 e. The first kappa shape index (κ1) is 15.8. The normalized spacial score (nSPS) is 15.6. The van der Waals surface area contributed by atoms with Crippen LogP contribution in [0.1, 0.15) is 27.6 Å². The minimum absolute atomic E-state index is 0.0163. The van der Waals surface area contributed by atoms with Gasteiger partial charge in [-0.05, 0) is 24.3 Å². The fourth-order valence-corrected chi connectivity index (χ4v) is 2.99. The number of hydrogen-bond acceptors (Lipinski definition) is 5. The number of halogens is 1. The molecule has 0 aliphatic carbocycles. The number of carbonyl (C=O) groups excluding carboxylic acids is 1. The summed E-state index contributed by atoms with van der Waals surface area (Å²) in [5.74, 6) is -1.99. The van der Waals surface area contributed by atoms with Gasteiger partial charge in [0, 0.05) is 5.56 Å². The van der Waals surface area contributed by atoms with Crippen molar-refractivity contribution in [2.24, 2.45) is 0 Å². The number of nitrogens with one attached hydrogen (secondary N) is 1. The highest BCUT2D eigenvalue weighted by atomic mass is 19.1. The summed E-state index contributed by atoms with van der Waals surface area (Å²) in [5, 5.41) is 10.6. The summed E-state index contributed by atoms with van der Waals surface area (Å²) in [6.07, 6.45) is -1.18. The second kappa shape index (κ2) is 5.69. The zero-order chi connectivity index (χ0) is 18.4. The van der Waals surface area contributed by atoms with Gasteiger partial charge in [0.05, 0.1) is 11.3 Å². The van der Waals surface area contributed by atoms with Crippen molar-refractivity contribution in [3.63, 3.8) is 0 Å². The summed E-state index contributed by atoms with van der Waals surface area (Å²) in [4.78, 5) is 38.6. The summed E-state index contributed by atoms with van der Waals surface area (Å²) < 4.78 is 19.5. The number of cyclic esters (lactones) is 1. The third-order valence-electron chi connectivity index (χ3n) is 4.14. The van der Waals surface area contributed by atoms with Gasteiger partial charge < -0.3 is 9.84 Å². The number of aromatic nitrogens is 2. The van der Waals surface area contributed by atoms with Crippen LogP contribution in [0.3, 0.4) is 0 Å². The van der Waals surface area contributed by atoms with Gasteiger partial charge in [-0.3, -0.25) is 9.78 Å². The van der Waals surface area contributed by atoms with Crippen molar-refractivity contribution in [3.8, 4) is 11.6 Å². The van der Waals surface area contributed by atoms with E-state index in [0.717, 1.165) is 10.6 Å². The topological polar surface area (TPSA) is 101 Å². The Morgan fingerprint density at radius 2 is 1.85 bits per heavy atom. The molecule has 1 aromatic heterocycles. The van der Waals surface area contributed by atoms with Gasteiger partial charge in [-0.1, -0.05) is 24.3 Å². The molecular weight excluding hydrogens is 343 g/mol. The molecule has 2 aromatic carbocycles. The Labute approximate surface area is 144 Å². The van der Waals surface area contributed by atoms with Crippen LogP contribution in [-0.2, 0) is 4.74 Å². The predicted molar refractivity (Wildman–Crippen MR) is 88.0 cm³/mol. The monoisotopic (exact) mass is 354 g/mol. The first-order valence-corrected chi connectivity index (χ1v) is 7.61. The Kier molecular flexibility index (Phi) is 3.47. The Balaban J connectivity index is 1.97. The smallest absolute Gasteiger partial charge is 0.339 e. The lowest BCUT2D eigenvalue weighted by Crippen LogP contribution is -2.32. The van der Waals surface area contributed by atoms with E-state index in [1.807, 2.05) is 0 Å². The van der Waals surface area contributed by atoms with Crippen LogP contribution in [0.4, 0.5) is 4.39 Å². The third-order valence-corrected chi connectivity index (χ3v) is 4.14. The van der Waals surface area contributed by atoms with Crippen LogP contribution in [0.5, 0.6) is 5.88 Å². The summed E-state index contributed by atoms with van der Waals surface area (Å²) in [6, 6.07) is 11.4. The van der Waals surface area contributed by atoms with Crippen LogP contribution in [0.15, 0.2) is 58.1 Å². The van der Waals surface area contributed by atoms with Crippen molar-refractivity contribution < 1.29 is 19.0 Å². The fraction of sp³-hybridized carbons (Fsp3) is 0.0556. The highest BCUT2D eigenvalue weighted by Crippen LogP contribution is 2.37. The maximum atomic E-state index is 13.5. The number of fused-ring (bicyclic) bond motifs is 1. The first-order valence-electron chi connectivity index (χ1n) is 7.61. The second-order valence-corrected chi connectivity index (χ2v) is 5.68. The van der Waals surface area contributed by atoms with Crippen LogP contribution < -0.4 is 11.2 Å². The van der Waals surface area contributed by atoms with Crippen molar-refractivity contribution >= 4 is 5.97 Å². The second-order valence-electron chi connectivity index (χ2n) is 5.68. The summed E-state index contributed by atoms with van der Waals surface area (Å²) in [6.45, 7) is 0. The van der Waals surface area contributed by atoms with Gasteiger partial charge in [0.1, 0.15) is 11.4 Å². The van der Waals surface area contributed by atoms with Crippen molar-refractivity contribution in [1.82, 2.24) is 9.55 Å². The van der Waals surface area contributed by atoms with E-state index in [1.54, 1.807) is 18.2 Å². The Morgan fingerprint density at radius 1 is 1.08 bits per heavy atom. The van der Waals surface area contributed by atoms with Crippen LogP contribution in [0.2, 0.25) is 0 Å². The van der Waals surface area contributed by atoms with Crippen molar-refractivity contribution in [3.05, 3.63) is 91.9 Å². The zero-order valence-electron chi connectivity index (χ0n) is 13.1. The van der Waals surface area contributed by atoms with Gasteiger partial charge in [-0.2, -0.15) is 0 Å². The molecule has 3 aromatic rings. The number of H-pyrrole nitrogens is 1. The van der Waals surface area contributed by atoms with Gasteiger partial charge in [0.15, 0.2) is 6.10 Å². The first-order chi connectivity index (χ1) is 12.5. The average molecular weight is 354 g/mol. The van der Waals surface area contributed by atoms with Gasteiger partial charge in [-0.25, -0.2) is 18.5 Å². The van der Waals surface area contributed by atoms with Crippen LogP contribution in [0.25, 0.3) is 5.69 Å². The number of rotatable bonds is 2. The van der Waals surface area contributed by atoms with Gasteiger partial charge >= 0.3 is 11.7 Å². The summed E-state index contributed by atoms with van der Waals surface area (Å²) in [7, 11) is 0. The molecule has 0 amide bonds. The molecule has 2 heterocycles. The Hall–Kier alpha value is -3.68. The van der Waals surface area contributed by atoms with Crippen molar-refractivity contribution in [1.29, 1.82) is 0 Å². The molecule has 130 valence electrons. The van der Waals surface area contributed by atoms with E-state index in [2.05, 4.69) is 4.98 Å².